The van der Waals surface area contributed by atoms with E-state index in [0.717, 1.165) is 24.8 Å². The summed E-state index contributed by atoms with van der Waals surface area (Å²) in [7, 11) is -6.27. The number of fused-ring (bicyclic) bond motifs is 1. The Morgan fingerprint density at radius 2 is 1.38 bits per heavy atom. The molecule has 0 saturated carbocycles. The van der Waals surface area contributed by atoms with E-state index in [2.05, 4.69) is 9.44 Å². The van der Waals surface area contributed by atoms with Crippen LogP contribution >= 0.6 is 0 Å². The van der Waals surface area contributed by atoms with Crippen LogP contribution in [0.4, 0.5) is 11.4 Å². The molecular weight excluding hydrogens is 448 g/mol. The Labute approximate surface area is 188 Å². The van der Waals surface area contributed by atoms with Crippen molar-refractivity contribution in [2.24, 2.45) is 0 Å². The van der Waals surface area contributed by atoms with Gasteiger partial charge in [-0.3, -0.25) is 9.44 Å². The molecule has 2 N–H and O–H groups in total. The fourth-order valence-electron chi connectivity index (χ4n) is 3.67. The molecule has 168 valence electrons. The quantitative estimate of drug-likeness (QED) is 0.539. The highest BCUT2D eigenvalue weighted by atomic mass is 32.2. The van der Waals surface area contributed by atoms with Gasteiger partial charge in [-0.05, 0) is 91.4 Å². The number of hydrogen-bond donors (Lipinski definition) is 2. The molecule has 0 aliphatic heterocycles. The highest BCUT2D eigenvalue weighted by Crippen LogP contribution is 2.28. The molecular formula is C23H24N2O5S2. The van der Waals surface area contributed by atoms with Crippen molar-refractivity contribution >= 4 is 31.4 Å². The molecule has 0 spiro atoms. The molecule has 3 aromatic rings. The number of ether oxygens (including phenoxy) is 1. The second-order valence-electron chi connectivity index (χ2n) is 7.70. The lowest BCUT2D eigenvalue weighted by molar-refractivity contribution is 0.415. The van der Waals surface area contributed by atoms with Gasteiger partial charge in [0, 0.05) is 5.69 Å². The molecule has 1 aliphatic carbocycles. The molecule has 3 aromatic carbocycles. The summed E-state index contributed by atoms with van der Waals surface area (Å²) < 4.78 is 61.8. The molecule has 0 saturated heterocycles. The van der Waals surface area contributed by atoms with Gasteiger partial charge in [0.05, 0.1) is 22.6 Å². The van der Waals surface area contributed by atoms with E-state index in [1.165, 1.54) is 24.8 Å². The molecule has 0 unspecified atom stereocenters. The molecule has 0 bridgehead atoms. The number of hydrogen-bond acceptors (Lipinski definition) is 5. The molecule has 0 atom stereocenters. The average molecular weight is 473 g/mol. The van der Waals surface area contributed by atoms with Gasteiger partial charge in [0.15, 0.2) is 0 Å². The van der Waals surface area contributed by atoms with E-state index >= 15 is 0 Å². The van der Waals surface area contributed by atoms with E-state index in [4.69, 9.17) is 4.74 Å². The molecule has 0 fully saturated rings. The van der Waals surface area contributed by atoms with Crippen molar-refractivity contribution in [3.05, 3.63) is 77.4 Å². The normalized spacial score (nSPS) is 13.4. The Morgan fingerprint density at radius 1 is 0.750 bits per heavy atom. The zero-order chi connectivity index (χ0) is 22.9. The van der Waals surface area contributed by atoms with Gasteiger partial charge in [0.1, 0.15) is 5.75 Å². The summed E-state index contributed by atoms with van der Waals surface area (Å²) in [4.78, 5) is 0.118. The first-order valence-corrected chi connectivity index (χ1v) is 13.1. The van der Waals surface area contributed by atoms with Crippen LogP contribution in [0.25, 0.3) is 0 Å². The lowest BCUT2D eigenvalue weighted by Gasteiger charge is -2.14. The molecule has 0 radical (unpaired) electrons. The summed E-state index contributed by atoms with van der Waals surface area (Å²) in [6.07, 6.45) is 2.85. The van der Waals surface area contributed by atoms with Crippen LogP contribution in [0.3, 0.4) is 0 Å². The molecule has 7 nitrogen and oxygen atoms in total. The Balaban J connectivity index is 1.60. The second-order valence-corrected chi connectivity index (χ2v) is 11.1. The molecule has 1 aliphatic rings. The summed E-state index contributed by atoms with van der Waals surface area (Å²) >= 11 is 0. The van der Waals surface area contributed by atoms with Crippen LogP contribution in [-0.2, 0) is 32.9 Å². The van der Waals surface area contributed by atoms with Crippen LogP contribution in [0, 0.1) is 6.92 Å². The van der Waals surface area contributed by atoms with Crippen LogP contribution in [0.5, 0.6) is 5.75 Å². The number of nitrogens with one attached hydrogen (secondary N) is 2. The largest absolute Gasteiger partial charge is 0.497 e. The van der Waals surface area contributed by atoms with Gasteiger partial charge in [-0.1, -0.05) is 12.1 Å². The van der Waals surface area contributed by atoms with E-state index in [1.54, 1.807) is 49.4 Å². The van der Waals surface area contributed by atoms with Crippen LogP contribution in [0.15, 0.2) is 70.5 Å². The van der Waals surface area contributed by atoms with E-state index < -0.39 is 20.0 Å². The van der Waals surface area contributed by atoms with Crippen LogP contribution < -0.4 is 14.2 Å². The molecule has 9 heteroatoms. The van der Waals surface area contributed by atoms with Gasteiger partial charge in [-0.25, -0.2) is 16.8 Å². The minimum atomic E-state index is -3.93. The first kappa shape index (κ1) is 22.2. The zero-order valence-electron chi connectivity index (χ0n) is 17.8. The summed E-state index contributed by atoms with van der Waals surface area (Å²) in [5.74, 6) is 0.603. The van der Waals surface area contributed by atoms with Crippen molar-refractivity contribution in [1.82, 2.24) is 0 Å². The molecule has 0 aromatic heterocycles. The second kappa shape index (κ2) is 8.48. The smallest absolute Gasteiger partial charge is 0.261 e. The van der Waals surface area contributed by atoms with Crippen molar-refractivity contribution in [3.8, 4) is 5.75 Å². The molecule has 0 heterocycles. The number of rotatable bonds is 7. The van der Waals surface area contributed by atoms with Gasteiger partial charge in [0.25, 0.3) is 20.0 Å². The van der Waals surface area contributed by atoms with Crippen molar-refractivity contribution in [3.63, 3.8) is 0 Å². The number of anilines is 2. The number of sulfonamides is 2. The number of aryl methyl sites for hydroxylation is 3. The lowest BCUT2D eigenvalue weighted by Crippen LogP contribution is -2.16. The molecule has 32 heavy (non-hydrogen) atoms. The van der Waals surface area contributed by atoms with Gasteiger partial charge in [-0.15, -0.1) is 0 Å². The van der Waals surface area contributed by atoms with Crippen LogP contribution in [-0.4, -0.2) is 23.9 Å². The lowest BCUT2D eigenvalue weighted by atomic mass is 10.1. The summed E-state index contributed by atoms with van der Waals surface area (Å²) in [6.45, 7) is 1.72. The number of methoxy groups -OCH3 is 1. The van der Waals surface area contributed by atoms with Crippen LogP contribution in [0.1, 0.15) is 23.1 Å². The summed E-state index contributed by atoms with van der Waals surface area (Å²) in [5, 5.41) is 0. The van der Waals surface area contributed by atoms with Gasteiger partial charge < -0.3 is 4.74 Å². The van der Waals surface area contributed by atoms with Gasteiger partial charge >= 0.3 is 0 Å². The molecule has 4 rings (SSSR count). The third-order valence-electron chi connectivity index (χ3n) is 5.49. The standard InChI is InChI=1S/C23H24N2O5S2/c1-16-6-12-22(31(26,27)24-19-8-10-20(30-2)11-9-19)15-23(16)25-32(28,29)21-13-7-17-4-3-5-18(17)14-21/h6-15,24-25H,3-5H2,1-2H3. The van der Waals surface area contributed by atoms with Crippen molar-refractivity contribution in [2.75, 3.05) is 16.6 Å². The Hall–Kier alpha value is -3.04. The van der Waals surface area contributed by atoms with E-state index in [9.17, 15) is 16.8 Å². The van der Waals surface area contributed by atoms with Crippen molar-refractivity contribution in [1.29, 1.82) is 0 Å². The summed E-state index contributed by atoms with van der Waals surface area (Å²) in [5.41, 5.74) is 3.41. The summed E-state index contributed by atoms with van der Waals surface area (Å²) in [6, 6.07) is 15.9. The fourth-order valence-corrected chi connectivity index (χ4v) is 5.93. The van der Waals surface area contributed by atoms with Crippen LogP contribution in [0.2, 0.25) is 0 Å². The maximum absolute atomic E-state index is 13.0. The monoisotopic (exact) mass is 472 g/mol. The highest BCUT2D eigenvalue weighted by molar-refractivity contribution is 7.93. The van der Waals surface area contributed by atoms with E-state index in [-0.39, 0.29) is 15.5 Å². The Morgan fingerprint density at radius 3 is 2.09 bits per heavy atom. The molecule has 0 amide bonds. The predicted octanol–water partition coefficient (Wildman–Crippen LogP) is 4.09. The maximum Gasteiger partial charge on any atom is 0.261 e. The average Bonchev–Trinajstić information content (AvgIpc) is 3.23. The minimum absolute atomic E-state index is 0.0504. The van der Waals surface area contributed by atoms with E-state index in [1.807, 2.05) is 6.07 Å². The zero-order valence-corrected chi connectivity index (χ0v) is 19.4. The minimum Gasteiger partial charge on any atom is -0.497 e. The fraction of sp³-hybridized carbons (Fsp3) is 0.217. The van der Waals surface area contributed by atoms with Gasteiger partial charge in [0.2, 0.25) is 0 Å². The predicted molar refractivity (Wildman–Crippen MR) is 124 cm³/mol. The number of benzene rings is 3. The van der Waals surface area contributed by atoms with Crippen molar-refractivity contribution in [2.45, 2.75) is 36.0 Å². The van der Waals surface area contributed by atoms with E-state index in [0.29, 0.717) is 17.0 Å². The topological polar surface area (TPSA) is 102 Å². The third kappa shape index (κ3) is 4.58. The van der Waals surface area contributed by atoms with Crippen molar-refractivity contribution < 1.29 is 21.6 Å². The first-order chi connectivity index (χ1) is 15.2. The maximum atomic E-state index is 13.0. The Bertz CT molecular complexity index is 1370. The van der Waals surface area contributed by atoms with Gasteiger partial charge in [-0.2, -0.15) is 0 Å². The third-order valence-corrected chi connectivity index (χ3v) is 8.23. The SMILES string of the molecule is COc1ccc(NS(=O)(=O)c2ccc(C)c(NS(=O)(=O)c3ccc4c(c3)CCC4)c2)cc1. The highest BCUT2D eigenvalue weighted by Gasteiger charge is 2.21. The first-order valence-electron chi connectivity index (χ1n) is 10.1. The Kier molecular flexibility index (Phi) is 5.87.